The third-order valence-electron chi connectivity index (χ3n) is 6.37. The first-order chi connectivity index (χ1) is 16.0. The molecule has 0 nitrogen and oxygen atoms in total. The van der Waals surface area contributed by atoms with E-state index < -0.39 is 11.6 Å². The lowest BCUT2D eigenvalue weighted by Gasteiger charge is -2.12. The molecule has 0 aliphatic carbocycles. The second kappa shape index (κ2) is 10.1. The summed E-state index contributed by atoms with van der Waals surface area (Å²) in [6.45, 7) is 5.74. The molecule has 0 aliphatic rings. The van der Waals surface area contributed by atoms with Crippen LogP contribution in [0.25, 0.3) is 33.4 Å². The third kappa shape index (κ3) is 5.06. The first-order valence-electron chi connectivity index (χ1n) is 11.7. The zero-order valence-corrected chi connectivity index (χ0v) is 19.6. The van der Waals surface area contributed by atoms with Gasteiger partial charge in [0, 0.05) is 5.56 Å². The average Bonchev–Trinajstić information content (AvgIpc) is 2.84. The molecule has 4 rings (SSSR count). The normalized spacial score (nSPS) is 11.1. The zero-order chi connectivity index (χ0) is 23.4. The highest BCUT2D eigenvalue weighted by molar-refractivity contribution is 5.75. The van der Waals surface area contributed by atoms with E-state index in [0.29, 0.717) is 16.7 Å². The van der Waals surface area contributed by atoms with Gasteiger partial charge in [-0.05, 0) is 71.2 Å². The molecule has 0 fully saturated rings. The summed E-state index contributed by atoms with van der Waals surface area (Å²) >= 11 is 0. The molecule has 0 radical (unpaired) electrons. The van der Waals surface area contributed by atoms with Crippen LogP contribution < -0.4 is 0 Å². The van der Waals surface area contributed by atoms with Crippen molar-refractivity contribution in [3.05, 3.63) is 107 Å². The van der Waals surface area contributed by atoms with E-state index in [1.807, 2.05) is 25.1 Å². The fraction of sp³-hybridized carbons (Fsp3) is 0.226. The van der Waals surface area contributed by atoms with Crippen LogP contribution in [0.15, 0.2) is 78.9 Å². The maximum Gasteiger partial charge on any atom is 0.166 e. The number of hydrogen-bond donors (Lipinski definition) is 0. The fourth-order valence-electron chi connectivity index (χ4n) is 4.30. The second-order valence-corrected chi connectivity index (χ2v) is 8.82. The highest BCUT2D eigenvalue weighted by Crippen LogP contribution is 2.32. The van der Waals surface area contributed by atoms with Gasteiger partial charge in [0.15, 0.2) is 11.6 Å². The first-order valence-corrected chi connectivity index (χ1v) is 11.7. The van der Waals surface area contributed by atoms with Crippen molar-refractivity contribution >= 4 is 0 Å². The van der Waals surface area contributed by atoms with Gasteiger partial charge >= 0.3 is 0 Å². The van der Waals surface area contributed by atoms with E-state index in [1.165, 1.54) is 36.0 Å². The van der Waals surface area contributed by atoms with Crippen molar-refractivity contribution in [2.24, 2.45) is 0 Å². The topological polar surface area (TPSA) is 0 Å². The molecule has 2 heteroatoms. The van der Waals surface area contributed by atoms with Crippen molar-refractivity contribution in [3.63, 3.8) is 0 Å². The van der Waals surface area contributed by atoms with Crippen LogP contribution in [0.1, 0.15) is 42.9 Å². The van der Waals surface area contributed by atoms with E-state index in [9.17, 15) is 8.78 Å². The summed E-state index contributed by atoms with van der Waals surface area (Å²) in [4.78, 5) is 0. The molecule has 0 aliphatic heterocycles. The molecule has 0 saturated carbocycles. The van der Waals surface area contributed by atoms with Crippen molar-refractivity contribution in [3.8, 4) is 33.4 Å². The summed E-state index contributed by atoms with van der Waals surface area (Å²) in [5.41, 5.74) is 8.19. The van der Waals surface area contributed by atoms with Gasteiger partial charge in [0.25, 0.3) is 0 Å². The van der Waals surface area contributed by atoms with Gasteiger partial charge in [0.1, 0.15) is 0 Å². The molecular weight excluding hydrogens is 410 g/mol. The zero-order valence-electron chi connectivity index (χ0n) is 19.6. The Morgan fingerprint density at radius 1 is 0.545 bits per heavy atom. The van der Waals surface area contributed by atoms with E-state index in [-0.39, 0.29) is 0 Å². The van der Waals surface area contributed by atoms with Crippen molar-refractivity contribution in [2.45, 2.75) is 46.5 Å². The van der Waals surface area contributed by atoms with Gasteiger partial charge in [0.2, 0.25) is 0 Å². The molecule has 0 heterocycles. The number of halogens is 2. The van der Waals surface area contributed by atoms with Gasteiger partial charge in [-0.1, -0.05) is 98.6 Å². The lowest BCUT2D eigenvalue weighted by Crippen LogP contribution is -1.95. The van der Waals surface area contributed by atoms with Gasteiger partial charge in [-0.3, -0.25) is 0 Å². The molecule has 4 aromatic carbocycles. The van der Waals surface area contributed by atoms with Gasteiger partial charge < -0.3 is 0 Å². The highest BCUT2D eigenvalue weighted by Gasteiger charge is 2.14. The lowest BCUT2D eigenvalue weighted by molar-refractivity contribution is 0.505. The predicted molar refractivity (Wildman–Crippen MR) is 135 cm³/mol. The number of rotatable bonds is 7. The molecule has 0 unspecified atom stereocenters. The number of benzene rings is 4. The maximum absolute atomic E-state index is 14.5. The predicted octanol–water partition coefficient (Wildman–Crippen LogP) is 9.32. The standard InChI is InChI=1S/C31H30F2/c1-4-5-6-7-23-9-11-24(12-10-23)25-13-15-26(16-14-25)27-17-19-28(22(3)20-27)29-18-8-21(2)30(32)31(29)33/h8-20H,4-7H2,1-3H3. The van der Waals surface area contributed by atoms with Gasteiger partial charge in [0.05, 0.1) is 0 Å². The lowest BCUT2D eigenvalue weighted by atomic mass is 9.94. The first kappa shape index (κ1) is 22.9. The summed E-state index contributed by atoms with van der Waals surface area (Å²) in [5.74, 6) is -1.56. The Morgan fingerprint density at radius 3 is 1.70 bits per heavy atom. The van der Waals surface area contributed by atoms with Crippen LogP contribution >= 0.6 is 0 Å². The third-order valence-corrected chi connectivity index (χ3v) is 6.37. The minimum absolute atomic E-state index is 0.302. The highest BCUT2D eigenvalue weighted by atomic mass is 19.2. The van der Waals surface area contributed by atoms with Crippen molar-refractivity contribution in [1.29, 1.82) is 0 Å². The molecular formula is C31H30F2. The molecule has 0 N–H and O–H groups in total. The van der Waals surface area contributed by atoms with Gasteiger partial charge in [-0.15, -0.1) is 0 Å². The summed E-state index contributed by atoms with van der Waals surface area (Å²) in [6, 6.07) is 26.5. The molecule has 0 aromatic heterocycles. The molecule has 0 atom stereocenters. The minimum atomic E-state index is -0.786. The number of hydrogen-bond acceptors (Lipinski definition) is 0. The van der Waals surface area contributed by atoms with E-state index in [2.05, 4.69) is 55.5 Å². The van der Waals surface area contributed by atoms with E-state index in [4.69, 9.17) is 0 Å². The van der Waals surface area contributed by atoms with Crippen LogP contribution in [0.4, 0.5) is 8.78 Å². The van der Waals surface area contributed by atoms with Gasteiger partial charge in [-0.2, -0.15) is 0 Å². The van der Waals surface area contributed by atoms with Crippen LogP contribution in [0.5, 0.6) is 0 Å². The largest absolute Gasteiger partial charge is 0.203 e. The number of aryl methyl sites for hydroxylation is 3. The molecule has 0 bridgehead atoms. The summed E-state index contributed by atoms with van der Waals surface area (Å²) in [5, 5.41) is 0. The van der Waals surface area contributed by atoms with Crippen molar-refractivity contribution in [2.75, 3.05) is 0 Å². The Kier molecular flexibility index (Phi) is 7.03. The summed E-state index contributed by atoms with van der Waals surface area (Å²) in [7, 11) is 0. The molecule has 0 spiro atoms. The molecule has 4 aromatic rings. The monoisotopic (exact) mass is 440 g/mol. The Balaban J connectivity index is 1.54. The average molecular weight is 441 g/mol. The Labute approximate surface area is 195 Å². The SMILES string of the molecule is CCCCCc1ccc(-c2ccc(-c3ccc(-c4ccc(C)c(F)c4F)c(C)c3)cc2)cc1. The Morgan fingerprint density at radius 2 is 1.09 bits per heavy atom. The van der Waals surface area contributed by atoms with Crippen LogP contribution in [-0.2, 0) is 6.42 Å². The summed E-state index contributed by atoms with van der Waals surface area (Å²) in [6.07, 6.45) is 4.91. The van der Waals surface area contributed by atoms with E-state index >= 15 is 0 Å². The minimum Gasteiger partial charge on any atom is -0.203 e. The van der Waals surface area contributed by atoms with Crippen LogP contribution in [0.3, 0.4) is 0 Å². The fourth-order valence-corrected chi connectivity index (χ4v) is 4.30. The molecule has 0 saturated heterocycles. The molecule has 168 valence electrons. The smallest absolute Gasteiger partial charge is 0.166 e. The van der Waals surface area contributed by atoms with Crippen LogP contribution in [0.2, 0.25) is 0 Å². The van der Waals surface area contributed by atoms with Crippen LogP contribution in [0, 0.1) is 25.5 Å². The molecule has 33 heavy (non-hydrogen) atoms. The van der Waals surface area contributed by atoms with Crippen LogP contribution in [-0.4, -0.2) is 0 Å². The number of unbranched alkanes of at least 4 members (excludes halogenated alkanes) is 2. The second-order valence-electron chi connectivity index (χ2n) is 8.82. The van der Waals surface area contributed by atoms with Crippen molar-refractivity contribution in [1.82, 2.24) is 0 Å². The maximum atomic E-state index is 14.5. The summed E-state index contributed by atoms with van der Waals surface area (Å²) < 4.78 is 28.5. The quantitative estimate of drug-likeness (QED) is 0.251. The molecule has 0 amide bonds. The van der Waals surface area contributed by atoms with Crippen molar-refractivity contribution < 1.29 is 8.78 Å². The van der Waals surface area contributed by atoms with E-state index in [1.54, 1.807) is 19.1 Å². The van der Waals surface area contributed by atoms with Gasteiger partial charge in [-0.25, -0.2) is 8.78 Å². The Hall–Kier alpha value is -3.26. The van der Waals surface area contributed by atoms with E-state index in [0.717, 1.165) is 23.1 Å². The Bertz CT molecular complexity index is 1240.